The number of sulfonamides is 1. The van der Waals surface area contributed by atoms with Gasteiger partial charge in [0.2, 0.25) is 0 Å². The molecule has 0 aliphatic carbocycles. The third-order valence-electron chi connectivity index (χ3n) is 5.05. The summed E-state index contributed by atoms with van der Waals surface area (Å²) in [5.41, 5.74) is 0.666. The van der Waals surface area contributed by atoms with Gasteiger partial charge in [0.05, 0.1) is 17.5 Å². The van der Waals surface area contributed by atoms with Gasteiger partial charge in [-0.15, -0.1) is 11.3 Å². The van der Waals surface area contributed by atoms with E-state index in [2.05, 4.69) is 0 Å². The van der Waals surface area contributed by atoms with E-state index in [1.807, 2.05) is 0 Å². The molecule has 0 saturated carbocycles. The summed E-state index contributed by atoms with van der Waals surface area (Å²) in [6.45, 7) is 0. The molecule has 5 rings (SSSR count). The van der Waals surface area contributed by atoms with E-state index < -0.39 is 20.9 Å². The fraction of sp³-hybridized carbons (Fsp3) is 0.0435. The lowest BCUT2D eigenvalue weighted by Crippen LogP contribution is -2.36. The maximum atomic E-state index is 13.7. The van der Waals surface area contributed by atoms with Crippen molar-refractivity contribution in [2.75, 3.05) is 11.4 Å². The van der Waals surface area contributed by atoms with Crippen molar-refractivity contribution in [3.8, 4) is 5.75 Å². The van der Waals surface area contributed by atoms with Gasteiger partial charge in [-0.25, -0.2) is 4.79 Å². The highest BCUT2D eigenvalue weighted by Crippen LogP contribution is 2.39. The number of hydrogen-bond donors (Lipinski definition) is 0. The number of carbonyl (C=O) groups is 1. The van der Waals surface area contributed by atoms with Crippen molar-refractivity contribution in [3.63, 3.8) is 0 Å². The molecule has 33 heavy (non-hydrogen) atoms. The summed E-state index contributed by atoms with van der Waals surface area (Å²) >= 11 is 1.87. The highest BCUT2D eigenvalue weighted by atomic mass is 32.2. The minimum absolute atomic E-state index is 0.0221. The normalized spacial score (nSPS) is 11.7. The van der Waals surface area contributed by atoms with Crippen LogP contribution >= 0.6 is 22.7 Å². The van der Waals surface area contributed by atoms with Crippen LogP contribution in [0.1, 0.15) is 10.4 Å². The van der Waals surface area contributed by atoms with Crippen LogP contribution in [-0.2, 0) is 10.0 Å². The number of anilines is 1. The number of ether oxygens (including phenoxy) is 1. The second-order valence-electron chi connectivity index (χ2n) is 6.96. The first-order chi connectivity index (χ1) is 15.9. The zero-order valence-corrected chi connectivity index (χ0v) is 19.5. The van der Waals surface area contributed by atoms with E-state index >= 15 is 0 Å². The van der Waals surface area contributed by atoms with Crippen molar-refractivity contribution in [2.45, 2.75) is 4.21 Å². The predicted octanol–water partition coefficient (Wildman–Crippen LogP) is 5.11. The number of thiophene rings is 1. The van der Waals surface area contributed by atoms with Crippen LogP contribution in [-0.4, -0.2) is 21.4 Å². The van der Waals surface area contributed by atoms with Crippen LogP contribution in [0.2, 0.25) is 0 Å². The summed E-state index contributed by atoms with van der Waals surface area (Å²) in [6, 6.07) is 17.7. The molecule has 0 aliphatic rings. The Labute approximate surface area is 196 Å². The number of methoxy groups -OCH3 is 1. The first kappa shape index (κ1) is 21.4. The van der Waals surface area contributed by atoms with Gasteiger partial charge in [0.15, 0.2) is 5.58 Å². The highest BCUT2D eigenvalue weighted by molar-refractivity contribution is 7.95. The van der Waals surface area contributed by atoms with Crippen LogP contribution in [0.15, 0.2) is 85.5 Å². The minimum atomic E-state index is -4.26. The summed E-state index contributed by atoms with van der Waals surface area (Å²) < 4.78 is 39.2. The average Bonchev–Trinajstić information content (AvgIpc) is 3.49. The molecule has 2 aromatic heterocycles. The van der Waals surface area contributed by atoms with Gasteiger partial charge in [0.1, 0.15) is 9.96 Å². The summed E-state index contributed by atoms with van der Waals surface area (Å²) in [6.07, 6.45) is 0. The van der Waals surface area contributed by atoms with Crippen LogP contribution in [0.5, 0.6) is 5.75 Å². The second-order valence-corrected chi connectivity index (χ2v) is 10.9. The lowest BCUT2D eigenvalue weighted by Gasteiger charge is -2.23. The molecule has 0 radical (unpaired) electrons. The third-order valence-corrected chi connectivity index (χ3v) is 8.89. The molecule has 0 unspecified atom stereocenters. The van der Waals surface area contributed by atoms with E-state index in [4.69, 9.17) is 9.15 Å². The molecule has 5 aromatic rings. The molecule has 2 heterocycles. The van der Waals surface area contributed by atoms with Crippen molar-refractivity contribution in [1.82, 2.24) is 0 Å². The monoisotopic (exact) mass is 497 g/mol. The van der Waals surface area contributed by atoms with Crippen molar-refractivity contribution >= 4 is 65.3 Å². The molecule has 0 aliphatic heterocycles. The van der Waals surface area contributed by atoms with Gasteiger partial charge in [-0.3, -0.25) is 4.79 Å². The van der Waals surface area contributed by atoms with E-state index in [0.29, 0.717) is 26.8 Å². The van der Waals surface area contributed by atoms with Crippen LogP contribution < -0.4 is 14.0 Å². The first-order valence-electron chi connectivity index (χ1n) is 9.63. The van der Waals surface area contributed by atoms with E-state index in [0.717, 1.165) is 27.0 Å². The Bertz CT molecular complexity index is 1650. The topological polar surface area (TPSA) is 93.9 Å². The van der Waals surface area contributed by atoms with Crippen molar-refractivity contribution in [3.05, 3.63) is 87.4 Å². The summed E-state index contributed by atoms with van der Waals surface area (Å²) in [5.74, 6) is -0.194. The minimum Gasteiger partial charge on any atom is -0.497 e. The van der Waals surface area contributed by atoms with E-state index in [9.17, 15) is 18.0 Å². The smallest absolute Gasteiger partial charge is 0.396 e. The van der Waals surface area contributed by atoms with Gasteiger partial charge in [-0.05, 0) is 41.8 Å². The SMILES string of the molecule is COc1ccc(C(=O)N(c2cc3sc(=O)oc3c3ccccc23)S(=O)(=O)c2cccs2)cc1. The molecule has 0 atom stereocenters. The Morgan fingerprint density at radius 3 is 2.39 bits per heavy atom. The van der Waals surface area contributed by atoms with Crippen LogP contribution in [0.4, 0.5) is 5.69 Å². The maximum Gasteiger partial charge on any atom is 0.396 e. The van der Waals surface area contributed by atoms with Crippen molar-refractivity contribution in [1.29, 1.82) is 0 Å². The average molecular weight is 498 g/mol. The standard InChI is InChI=1S/C23H15NO6S3/c1-29-15-10-8-14(9-11-15)22(25)24(33(27,28)20-7-4-12-31-20)18-13-19-21(30-23(26)32-19)17-6-3-2-5-16(17)18/h2-13H,1H3. The number of benzene rings is 3. The molecule has 10 heteroatoms. The summed E-state index contributed by atoms with van der Waals surface area (Å²) in [4.78, 5) is 25.1. The summed E-state index contributed by atoms with van der Waals surface area (Å²) in [5, 5.41) is 2.64. The zero-order chi connectivity index (χ0) is 23.2. The molecule has 0 spiro atoms. The van der Waals surface area contributed by atoms with Gasteiger partial charge in [0.25, 0.3) is 15.9 Å². The maximum absolute atomic E-state index is 13.7. The van der Waals surface area contributed by atoms with E-state index in [-0.39, 0.29) is 15.5 Å². The number of nitrogens with zero attached hydrogens (tertiary/aromatic N) is 1. The van der Waals surface area contributed by atoms with Gasteiger partial charge in [-0.2, -0.15) is 12.7 Å². The second kappa shape index (κ2) is 8.14. The van der Waals surface area contributed by atoms with Gasteiger partial charge in [0, 0.05) is 16.3 Å². The molecule has 1 amide bonds. The number of hydrogen-bond acceptors (Lipinski definition) is 8. The van der Waals surface area contributed by atoms with Gasteiger partial charge in [-0.1, -0.05) is 41.7 Å². The first-order valence-corrected chi connectivity index (χ1v) is 12.8. The Hall–Kier alpha value is -3.47. The van der Waals surface area contributed by atoms with Gasteiger partial charge < -0.3 is 9.15 Å². The van der Waals surface area contributed by atoms with E-state index in [1.54, 1.807) is 47.8 Å². The molecule has 0 N–H and O–H groups in total. The Kier molecular flexibility index (Phi) is 5.28. The molecular formula is C23H15NO6S3. The highest BCUT2D eigenvalue weighted by Gasteiger charge is 2.34. The third kappa shape index (κ3) is 3.62. The molecule has 166 valence electrons. The Morgan fingerprint density at radius 1 is 1.00 bits per heavy atom. The lowest BCUT2D eigenvalue weighted by molar-refractivity contribution is 0.101. The molecule has 0 fully saturated rings. The largest absolute Gasteiger partial charge is 0.497 e. The Morgan fingerprint density at radius 2 is 1.73 bits per heavy atom. The number of carbonyl (C=O) groups excluding carboxylic acids is 1. The quantitative estimate of drug-likeness (QED) is 0.335. The molecular weight excluding hydrogens is 482 g/mol. The van der Waals surface area contributed by atoms with Crippen LogP contribution in [0.25, 0.3) is 21.1 Å². The Balaban J connectivity index is 1.81. The number of fused-ring (bicyclic) bond motifs is 3. The van der Waals surface area contributed by atoms with Gasteiger partial charge >= 0.3 is 4.94 Å². The zero-order valence-electron chi connectivity index (χ0n) is 17.0. The fourth-order valence-corrected chi connectivity index (χ4v) is 6.76. The predicted molar refractivity (Wildman–Crippen MR) is 129 cm³/mol. The van der Waals surface area contributed by atoms with Crippen LogP contribution in [0.3, 0.4) is 0 Å². The number of rotatable bonds is 5. The molecule has 0 bridgehead atoms. The molecule has 7 nitrogen and oxygen atoms in total. The fourth-order valence-electron chi connectivity index (χ4n) is 3.55. The molecule has 0 saturated heterocycles. The molecule has 3 aromatic carbocycles. The van der Waals surface area contributed by atoms with E-state index in [1.165, 1.54) is 31.4 Å². The van der Waals surface area contributed by atoms with Crippen molar-refractivity contribution < 1.29 is 22.4 Å². The summed E-state index contributed by atoms with van der Waals surface area (Å²) in [7, 11) is -2.76. The van der Waals surface area contributed by atoms with Crippen LogP contribution in [0, 0.1) is 0 Å². The lowest BCUT2D eigenvalue weighted by atomic mass is 10.1. The number of amides is 1. The van der Waals surface area contributed by atoms with Crippen molar-refractivity contribution in [2.24, 2.45) is 0 Å².